The van der Waals surface area contributed by atoms with Crippen LogP contribution >= 0.6 is 0 Å². The second-order valence-corrected chi connectivity index (χ2v) is 9.84. The van der Waals surface area contributed by atoms with E-state index in [1.54, 1.807) is 6.08 Å². The standard InChI is InChI=1S/C22H27FO6/c1-19-7-4-13(24)10-12(19)2-3-15-14-5-8-20(28,9-6-17(25)26)21(14)11-16(22(15,19)23)29-18(21)27/h2-3,10,14-16,18,27-28H,4-9,11H2,1H3,(H,25,26)/t14-,15-,16?,18?,19-,20-,21-,22-/m0/s1. The Hall–Kier alpha value is -1.57. The van der Waals surface area contributed by atoms with Crippen molar-refractivity contribution in [1.82, 2.24) is 0 Å². The molecule has 0 aromatic heterocycles. The van der Waals surface area contributed by atoms with Crippen molar-refractivity contribution >= 4 is 11.8 Å². The first-order valence-electron chi connectivity index (χ1n) is 10.5. The molecule has 2 bridgehead atoms. The summed E-state index contributed by atoms with van der Waals surface area (Å²) in [6, 6.07) is 0. The summed E-state index contributed by atoms with van der Waals surface area (Å²) in [5.41, 5.74) is -4.50. The van der Waals surface area contributed by atoms with Crippen molar-refractivity contribution in [1.29, 1.82) is 0 Å². The van der Waals surface area contributed by atoms with Crippen LogP contribution in [-0.4, -0.2) is 50.7 Å². The third-order valence-corrected chi connectivity index (χ3v) is 8.95. The monoisotopic (exact) mass is 406 g/mol. The summed E-state index contributed by atoms with van der Waals surface area (Å²) in [6.45, 7) is 1.84. The van der Waals surface area contributed by atoms with Crippen LogP contribution in [0.25, 0.3) is 0 Å². The highest BCUT2D eigenvalue weighted by molar-refractivity contribution is 5.92. The van der Waals surface area contributed by atoms with Gasteiger partial charge in [0.2, 0.25) is 0 Å². The fourth-order valence-corrected chi connectivity index (χ4v) is 7.42. The molecule has 6 nitrogen and oxygen atoms in total. The smallest absolute Gasteiger partial charge is 0.303 e. The fourth-order valence-electron chi connectivity index (χ4n) is 7.42. The third-order valence-electron chi connectivity index (χ3n) is 8.95. The number of ether oxygens (including phenoxy) is 1. The molecular weight excluding hydrogens is 379 g/mol. The normalized spacial score (nSPS) is 52.6. The number of ketones is 1. The van der Waals surface area contributed by atoms with Crippen LogP contribution in [0.2, 0.25) is 0 Å². The number of hydrogen-bond donors (Lipinski definition) is 3. The molecule has 0 amide bonds. The number of carboxylic acid groups (broad SMARTS) is 1. The number of allylic oxidation sites excluding steroid dienone is 4. The van der Waals surface area contributed by atoms with E-state index in [1.165, 1.54) is 6.08 Å². The number of aliphatic hydroxyl groups is 2. The number of hydrogen-bond acceptors (Lipinski definition) is 5. The highest BCUT2D eigenvalue weighted by atomic mass is 19.1. The first-order valence-corrected chi connectivity index (χ1v) is 10.5. The minimum atomic E-state index is -1.79. The maximum absolute atomic E-state index is 17.1. The summed E-state index contributed by atoms with van der Waals surface area (Å²) in [4.78, 5) is 23.1. The predicted molar refractivity (Wildman–Crippen MR) is 99.4 cm³/mol. The lowest BCUT2D eigenvalue weighted by Gasteiger charge is -2.59. The van der Waals surface area contributed by atoms with Crippen molar-refractivity contribution in [3.05, 3.63) is 23.8 Å². The van der Waals surface area contributed by atoms with Gasteiger partial charge in [0.1, 0.15) is 0 Å². The van der Waals surface area contributed by atoms with Crippen LogP contribution in [0, 0.1) is 22.7 Å². The largest absolute Gasteiger partial charge is 0.481 e. The van der Waals surface area contributed by atoms with E-state index < -0.39 is 46.4 Å². The van der Waals surface area contributed by atoms with Gasteiger partial charge in [0.25, 0.3) is 0 Å². The molecule has 8 atom stereocenters. The number of carbonyl (C=O) groups excluding carboxylic acids is 1. The Morgan fingerprint density at radius 1 is 1.38 bits per heavy atom. The van der Waals surface area contributed by atoms with Gasteiger partial charge in [-0.25, -0.2) is 4.39 Å². The summed E-state index contributed by atoms with van der Waals surface area (Å²) in [5, 5.41) is 31.6. The SMILES string of the molecule is C[C@]12CCC(=O)C=C1C=C[C@H]1[C@@H]3CC[C@](O)(CCC(=O)O)[C@@]34CC(OC4O)[C@@]12F. The average molecular weight is 406 g/mol. The minimum absolute atomic E-state index is 0.00869. The van der Waals surface area contributed by atoms with Crippen molar-refractivity contribution in [2.45, 2.75) is 75.5 Å². The molecule has 2 unspecified atom stereocenters. The van der Waals surface area contributed by atoms with Crippen molar-refractivity contribution in [2.75, 3.05) is 0 Å². The molecule has 7 heteroatoms. The first-order chi connectivity index (χ1) is 13.6. The van der Waals surface area contributed by atoms with Gasteiger partial charge < -0.3 is 20.1 Å². The van der Waals surface area contributed by atoms with Crippen LogP contribution in [0.1, 0.15) is 51.9 Å². The maximum atomic E-state index is 17.1. The van der Waals surface area contributed by atoms with E-state index >= 15 is 4.39 Å². The van der Waals surface area contributed by atoms with Gasteiger partial charge in [-0.3, -0.25) is 9.59 Å². The second kappa shape index (κ2) is 5.77. The molecule has 1 spiro atoms. The lowest BCUT2D eigenvalue weighted by atomic mass is 9.46. The number of carboxylic acids is 1. The van der Waals surface area contributed by atoms with E-state index in [0.29, 0.717) is 24.8 Å². The van der Waals surface area contributed by atoms with Crippen molar-refractivity contribution in [3.63, 3.8) is 0 Å². The molecule has 158 valence electrons. The van der Waals surface area contributed by atoms with E-state index in [9.17, 15) is 19.8 Å². The zero-order valence-corrected chi connectivity index (χ0v) is 16.4. The van der Waals surface area contributed by atoms with Gasteiger partial charge in [-0.1, -0.05) is 19.1 Å². The van der Waals surface area contributed by atoms with Crippen molar-refractivity contribution in [3.8, 4) is 0 Å². The van der Waals surface area contributed by atoms with Crippen LogP contribution in [-0.2, 0) is 14.3 Å². The summed E-state index contributed by atoms with van der Waals surface area (Å²) < 4.78 is 22.9. The Morgan fingerprint density at radius 2 is 2.14 bits per heavy atom. The summed E-state index contributed by atoms with van der Waals surface area (Å²) in [6.07, 6.45) is 4.33. The molecule has 5 aliphatic rings. The zero-order chi connectivity index (χ0) is 20.8. The quantitative estimate of drug-likeness (QED) is 0.664. The van der Waals surface area contributed by atoms with E-state index in [2.05, 4.69) is 0 Å². The van der Waals surface area contributed by atoms with Gasteiger partial charge in [0, 0.05) is 24.2 Å². The van der Waals surface area contributed by atoms with Gasteiger partial charge in [0.05, 0.1) is 17.1 Å². The van der Waals surface area contributed by atoms with Crippen LogP contribution in [0.15, 0.2) is 23.8 Å². The summed E-state index contributed by atoms with van der Waals surface area (Å²) in [7, 11) is 0. The molecule has 0 radical (unpaired) electrons. The van der Waals surface area contributed by atoms with Gasteiger partial charge in [-0.15, -0.1) is 0 Å². The van der Waals surface area contributed by atoms with Crippen LogP contribution in [0.3, 0.4) is 0 Å². The van der Waals surface area contributed by atoms with Crippen LogP contribution in [0.4, 0.5) is 4.39 Å². The molecule has 3 N–H and O–H groups in total. The molecule has 0 aromatic rings. The Bertz CT molecular complexity index is 852. The molecule has 1 saturated heterocycles. The zero-order valence-electron chi connectivity index (χ0n) is 16.4. The Balaban J connectivity index is 1.62. The van der Waals surface area contributed by atoms with Gasteiger partial charge in [-0.05, 0) is 49.7 Å². The number of alkyl halides is 1. The molecule has 29 heavy (non-hydrogen) atoms. The van der Waals surface area contributed by atoms with Crippen LogP contribution < -0.4 is 0 Å². The summed E-state index contributed by atoms with van der Waals surface area (Å²) >= 11 is 0. The van der Waals surface area contributed by atoms with E-state index in [1.807, 2.05) is 13.0 Å². The number of rotatable bonds is 3. The first kappa shape index (κ1) is 19.4. The minimum Gasteiger partial charge on any atom is -0.481 e. The highest BCUT2D eigenvalue weighted by Crippen LogP contribution is 2.73. The second-order valence-electron chi connectivity index (χ2n) is 9.84. The molecule has 2 saturated carbocycles. The maximum Gasteiger partial charge on any atom is 0.303 e. The van der Waals surface area contributed by atoms with E-state index in [0.717, 1.165) is 0 Å². The number of aliphatic carboxylic acids is 1. The van der Waals surface area contributed by atoms with Gasteiger partial charge in [0.15, 0.2) is 17.7 Å². The number of fused-ring (bicyclic) bond motifs is 6. The molecular formula is C22H27FO6. The van der Waals surface area contributed by atoms with Gasteiger partial charge in [-0.2, -0.15) is 0 Å². The Kier molecular flexibility index (Phi) is 3.86. The molecule has 0 aromatic carbocycles. The number of halogens is 1. The molecule has 1 aliphatic heterocycles. The van der Waals surface area contributed by atoms with Crippen LogP contribution in [0.5, 0.6) is 0 Å². The lowest BCUT2D eigenvalue weighted by Crippen LogP contribution is -2.66. The molecule has 1 heterocycles. The van der Waals surface area contributed by atoms with E-state index in [4.69, 9.17) is 9.84 Å². The fraction of sp³-hybridized carbons (Fsp3) is 0.727. The van der Waals surface area contributed by atoms with Crippen molar-refractivity contribution < 1.29 is 34.0 Å². The number of aliphatic hydroxyl groups excluding tert-OH is 1. The third kappa shape index (κ3) is 2.11. The average Bonchev–Trinajstić information content (AvgIpc) is 3.14. The molecule has 5 rings (SSSR count). The lowest BCUT2D eigenvalue weighted by molar-refractivity contribution is -0.199. The topological polar surface area (TPSA) is 104 Å². The highest BCUT2D eigenvalue weighted by Gasteiger charge is 2.79. The Labute approximate surface area is 168 Å². The van der Waals surface area contributed by atoms with Gasteiger partial charge >= 0.3 is 5.97 Å². The van der Waals surface area contributed by atoms with E-state index in [-0.39, 0.29) is 37.4 Å². The molecule has 3 fully saturated rings. The number of carbonyl (C=O) groups is 2. The Morgan fingerprint density at radius 3 is 2.86 bits per heavy atom. The predicted octanol–water partition coefficient (Wildman–Crippen LogP) is 2.29. The summed E-state index contributed by atoms with van der Waals surface area (Å²) in [5.74, 6) is -1.93. The molecule has 4 aliphatic carbocycles. The van der Waals surface area contributed by atoms with Crippen molar-refractivity contribution in [2.24, 2.45) is 22.7 Å².